The molecule has 2 fully saturated rings. The van der Waals surface area contributed by atoms with Gasteiger partial charge in [-0.3, -0.25) is 19.0 Å². The molecule has 0 unspecified atom stereocenters. The zero-order chi connectivity index (χ0) is 44.3. The second-order valence-electron chi connectivity index (χ2n) is 17.2. The lowest BCUT2D eigenvalue weighted by molar-refractivity contribution is -0.141. The number of carbonyl (C=O) groups excluding carboxylic acids is 5. The van der Waals surface area contributed by atoms with Gasteiger partial charge in [-0.15, -0.1) is 0 Å². The van der Waals surface area contributed by atoms with Crippen molar-refractivity contribution in [3.8, 4) is 6.01 Å². The number of allylic oxidation sites excluding steroid dienone is 1. The Labute approximate surface area is 356 Å². The molecule has 1 saturated heterocycles. The van der Waals surface area contributed by atoms with Crippen LogP contribution in [0.3, 0.4) is 0 Å². The van der Waals surface area contributed by atoms with Crippen LogP contribution in [-0.4, -0.2) is 107 Å². The number of ether oxygens (including phenoxy) is 2. The first-order valence-corrected chi connectivity index (χ1v) is 22.1. The maximum Gasteiger partial charge on any atom is 0.408 e. The highest BCUT2D eigenvalue weighted by Crippen LogP contribution is 2.46. The monoisotopic (exact) mass is 863 g/mol. The van der Waals surface area contributed by atoms with E-state index in [-0.39, 0.29) is 37.9 Å². The molecule has 1 saturated carbocycles. The Morgan fingerprint density at radius 1 is 1.00 bits per heavy atom. The van der Waals surface area contributed by atoms with E-state index >= 15 is 0 Å². The topological polar surface area (TPSA) is 222 Å². The summed E-state index contributed by atoms with van der Waals surface area (Å²) in [6, 6.07) is 11.6. The molecule has 5 N–H and O–H groups in total. The fourth-order valence-electron chi connectivity index (χ4n) is 7.65. The van der Waals surface area contributed by atoms with Crippen LogP contribution in [0.25, 0.3) is 11.0 Å². The quantitative estimate of drug-likeness (QED) is 0.185. The molecular formula is C42H57N9O9S. The molecule has 0 spiro atoms. The predicted molar refractivity (Wildman–Crippen MR) is 229 cm³/mol. The number of hydrogen-bond acceptors (Lipinski definition) is 10. The zero-order valence-electron chi connectivity index (χ0n) is 35.7. The van der Waals surface area contributed by atoms with Crippen molar-refractivity contribution in [1.82, 2.24) is 34.1 Å². The van der Waals surface area contributed by atoms with Gasteiger partial charge in [0.2, 0.25) is 11.8 Å². The smallest absolute Gasteiger partial charge is 0.408 e. The highest BCUT2D eigenvalue weighted by atomic mass is 32.2. The number of nitrogens with zero attached hydrogens (tertiary/aromatic N) is 4. The summed E-state index contributed by atoms with van der Waals surface area (Å²) in [5.41, 5.74) is -0.292. The number of urea groups is 1. The lowest BCUT2D eigenvalue weighted by atomic mass is 10.0. The minimum Gasteiger partial charge on any atom is -0.459 e. The number of para-hydroxylation sites is 2. The van der Waals surface area contributed by atoms with E-state index in [4.69, 9.17) is 14.5 Å². The Morgan fingerprint density at radius 3 is 2.43 bits per heavy atom. The third-order valence-electron chi connectivity index (χ3n) is 10.8. The van der Waals surface area contributed by atoms with E-state index in [2.05, 4.69) is 26.0 Å². The minimum atomic E-state index is -4.20. The van der Waals surface area contributed by atoms with Gasteiger partial charge in [-0.25, -0.2) is 14.3 Å². The molecule has 2 aliphatic heterocycles. The number of alkyl carbamates (subject to hydrolysis) is 1. The normalized spacial score (nSPS) is 24.1. The summed E-state index contributed by atoms with van der Waals surface area (Å²) in [6.07, 6.45) is 5.25. The van der Waals surface area contributed by atoms with Crippen LogP contribution in [0.1, 0.15) is 85.6 Å². The maximum absolute atomic E-state index is 14.6. The van der Waals surface area contributed by atoms with Crippen molar-refractivity contribution >= 4 is 62.5 Å². The second kappa shape index (κ2) is 18.1. The fourth-order valence-corrected chi connectivity index (χ4v) is 8.25. The molecule has 1 aliphatic carbocycles. The number of imidazole rings is 1. The predicted octanol–water partition coefficient (Wildman–Crippen LogP) is 4.82. The molecule has 1 aromatic heterocycles. The number of fused-ring (bicyclic) bond motifs is 3. The Hall–Kier alpha value is -5.69. The molecule has 2 aromatic carbocycles. The summed E-state index contributed by atoms with van der Waals surface area (Å²) in [7, 11) is -1.64. The van der Waals surface area contributed by atoms with Gasteiger partial charge in [0.25, 0.3) is 11.9 Å². The third-order valence-corrected chi connectivity index (χ3v) is 12.2. The first-order chi connectivity index (χ1) is 28.8. The lowest BCUT2D eigenvalue weighted by Crippen LogP contribution is -2.58. The summed E-state index contributed by atoms with van der Waals surface area (Å²) >= 11 is 0. The molecule has 0 radical (unpaired) electrons. The SMILES string of the molecule is CC(C)n1c(O[C@@H]2C[C@H]3C(=O)N[C@]4(C(=O)NS(=O)(=O)N(C)C)C[C@H]4/C=C\CCCCC[C@H](NC(=O)OC(C)(C)C)C(=O)N3C2)nc2c(NC(=O)Nc3ccccc3)cccc21. The minimum absolute atomic E-state index is 0.0309. The molecule has 19 heteroatoms. The molecule has 3 heterocycles. The van der Waals surface area contributed by atoms with Crippen molar-refractivity contribution in [1.29, 1.82) is 0 Å². The van der Waals surface area contributed by atoms with E-state index in [1.165, 1.54) is 19.0 Å². The van der Waals surface area contributed by atoms with Gasteiger partial charge in [0.15, 0.2) is 0 Å². The number of nitrogens with one attached hydrogen (secondary N) is 5. The number of amides is 6. The first-order valence-electron chi connectivity index (χ1n) is 20.6. The van der Waals surface area contributed by atoms with Crippen LogP contribution in [0.4, 0.5) is 21.0 Å². The number of anilines is 2. The second-order valence-corrected chi connectivity index (χ2v) is 19.1. The van der Waals surface area contributed by atoms with Crippen LogP contribution in [-0.2, 0) is 29.3 Å². The number of aromatic nitrogens is 2. The molecule has 6 rings (SSSR count). The molecule has 18 nitrogen and oxygen atoms in total. The highest BCUT2D eigenvalue weighted by Gasteiger charge is 2.62. The standard InChI is InChI=1S/C42H57N9O9S/c1-26(2)51-32-22-16-21-30(44-38(55)43-28-18-13-11-14-19-28)34(32)46-39(51)59-29-23-33-35(52)47-42(37(54)48-61(57,58)49(6)7)24-27(42)17-12-9-8-10-15-20-31(36(53)50(33)25-29)45-40(56)60-41(3,4)5/h11-14,16-19,21-22,26-27,29,31,33H,8-10,15,20,23-25H2,1-7H3,(H,45,56)(H,47,52)(H,48,54)(H2,43,44,55)/b17-12-/t27-,29-,31+,33+,42-/m1/s1. The van der Waals surface area contributed by atoms with Crippen LogP contribution in [0.2, 0.25) is 0 Å². The van der Waals surface area contributed by atoms with Crippen molar-refractivity contribution < 1.29 is 41.9 Å². The van der Waals surface area contributed by atoms with Crippen LogP contribution in [0, 0.1) is 5.92 Å². The lowest BCUT2D eigenvalue weighted by Gasteiger charge is -2.30. The van der Waals surface area contributed by atoms with Crippen LogP contribution < -0.4 is 30.7 Å². The first kappa shape index (κ1) is 44.9. The van der Waals surface area contributed by atoms with Gasteiger partial charge in [-0.2, -0.15) is 17.7 Å². The Balaban J connectivity index is 1.33. The fraction of sp³-hybridized carbons (Fsp3) is 0.524. The molecule has 6 amide bonds. The van der Waals surface area contributed by atoms with E-state index in [1.807, 2.05) is 54.8 Å². The van der Waals surface area contributed by atoms with Gasteiger partial charge >= 0.3 is 22.3 Å². The van der Waals surface area contributed by atoms with E-state index < -0.39 is 75.3 Å². The molecule has 330 valence electrons. The molecule has 3 aromatic rings. The Bertz CT molecular complexity index is 2270. The zero-order valence-corrected chi connectivity index (χ0v) is 36.5. The Kier molecular flexibility index (Phi) is 13.3. The number of rotatable bonds is 9. The summed E-state index contributed by atoms with van der Waals surface area (Å²) in [6.45, 7) is 8.94. The third kappa shape index (κ3) is 10.6. The van der Waals surface area contributed by atoms with Crippen LogP contribution in [0.15, 0.2) is 60.7 Å². The van der Waals surface area contributed by atoms with Crippen molar-refractivity contribution in [2.24, 2.45) is 5.92 Å². The summed E-state index contributed by atoms with van der Waals surface area (Å²) in [4.78, 5) is 75.3. The average molecular weight is 864 g/mol. The van der Waals surface area contributed by atoms with E-state index in [9.17, 15) is 32.4 Å². The van der Waals surface area contributed by atoms with Crippen molar-refractivity contribution in [3.05, 3.63) is 60.7 Å². The highest BCUT2D eigenvalue weighted by molar-refractivity contribution is 7.87. The molecule has 3 aliphatic rings. The van der Waals surface area contributed by atoms with Gasteiger partial charge in [-0.05, 0) is 84.6 Å². The summed E-state index contributed by atoms with van der Waals surface area (Å²) in [5.74, 6) is -2.62. The van der Waals surface area contributed by atoms with Gasteiger partial charge in [-0.1, -0.05) is 49.3 Å². The largest absolute Gasteiger partial charge is 0.459 e. The molecule has 0 bridgehead atoms. The molecule has 5 atom stereocenters. The van der Waals surface area contributed by atoms with E-state index in [0.717, 1.165) is 17.1 Å². The number of benzene rings is 2. The van der Waals surface area contributed by atoms with Gasteiger partial charge in [0.1, 0.15) is 34.8 Å². The average Bonchev–Trinajstić information content (AvgIpc) is 3.49. The van der Waals surface area contributed by atoms with Crippen molar-refractivity contribution in [3.63, 3.8) is 0 Å². The van der Waals surface area contributed by atoms with Crippen LogP contribution in [0.5, 0.6) is 6.01 Å². The van der Waals surface area contributed by atoms with E-state index in [1.54, 1.807) is 45.0 Å². The van der Waals surface area contributed by atoms with Gasteiger partial charge in [0, 0.05) is 38.2 Å². The van der Waals surface area contributed by atoms with Crippen LogP contribution >= 0.6 is 0 Å². The summed E-state index contributed by atoms with van der Waals surface area (Å²) < 4.78 is 42.5. The van der Waals surface area contributed by atoms with E-state index in [0.29, 0.717) is 35.2 Å². The molecular weight excluding hydrogens is 807 g/mol. The van der Waals surface area contributed by atoms with Crippen molar-refractivity contribution in [2.75, 3.05) is 31.3 Å². The van der Waals surface area contributed by atoms with Gasteiger partial charge < -0.3 is 35.6 Å². The summed E-state index contributed by atoms with van der Waals surface area (Å²) in [5, 5.41) is 11.3. The Morgan fingerprint density at radius 2 is 1.74 bits per heavy atom. The number of hydrogen-bond donors (Lipinski definition) is 5. The van der Waals surface area contributed by atoms with Crippen molar-refractivity contribution in [2.45, 2.75) is 115 Å². The molecule has 61 heavy (non-hydrogen) atoms. The maximum atomic E-state index is 14.6. The van der Waals surface area contributed by atoms with Gasteiger partial charge in [0.05, 0.1) is 17.7 Å². The number of carbonyl (C=O) groups is 5.